The van der Waals surface area contributed by atoms with Gasteiger partial charge < -0.3 is 19.5 Å². The van der Waals surface area contributed by atoms with Crippen LogP contribution >= 0.6 is 0 Å². The second-order valence-electron chi connectivity index (χ2n) is 5.72. The minimum Gasteiger partial charge on any atom is -0.494 e. The third-order valence-corrected chi connectivity index (χ3v) is 3.84. The standard InChI is InChI=1S/C21H27NO4/c1-5-24-18-11-8-16(9-12-18)15(4)22-21(23)17-10-13-19(25-6-2)20(14-17)26-7-3/h8-15H,5-7H2,1-4H3,(H,22,23). The first kappa shape index (κ1) is 19.6. The fourth-order valence-corrected chi connectivity index (χ4v) is 2.58. The molecule has 2 rings (SSSR count). The predicted molar refractivity (Wildman–Crippen MR) is 102 cm³/mol. The van der Waals surface area contributed by atoms with Crippen LogP contribution in [0.1, 0.15) is 49.7 Å². The number of carbonyl (C=O) groups excluding carboxylic acids is 1. The van der Waals surface area contributed by atoms with Crippen LogP contribution in [0.5, 0.6) is 17.2 Å². The monoisotopic (exact) mass is 357 g/mol. The van der Waals surface area contributed by atoms with Gasteiger partial charge in [-0.05, 0) is 63.6 Å². The second kappa shape index (κ2) is 9.70. The van der Waals surface area contributed by atoms with Crippen molar-refractivity contribution < 1.29 is 19.0 Å². The van der Waals surface area contributed by atoms with Crippen molar-refractivity contribution in [1.29, 1.82) is 0 Å². The van der Waals surface area contributed by atoms with Gasteiger partial charge in [0.25, 0.3) is 5.91 Å². The summed E-state index contributed by atoms with van der Waals surface area (Å²) in [6.07, 6.45) is 0. The van der Waals surface area contributed by atoms with Crippen LogP contribution in [0.15, 0.2) is 42.5 Å². The minimum absolute atomic E-state index is 0.125. The number of hydrogen-bond acceptors (Lipinski definition) is 4. The summed E-state index contributed by atoms with van der Waals surface area (Å²) in [4.78, 5) is 12.6. The highest BCUT2D eigenvalue weighted by Gasteiger charge is 2.14. The number of amides is 1. The fourth-order valence-electron chi connectivity index (χ4n) is 2.58. The van der Waals surface area contributed by atoms with Crippen LogP contribution in [-0.2, 0) is 0 Å². The summed E-state index contributed by atoms with van der Waals surface area (Å²) in [5.41, 5.74) is 1.55. The Kier molecular flexibility index (Phi) is 7.33. The Morgan fingerprint density at radius 2 is 1.50 bits per heavy atom. The molecule has 0 aliphatic carbocycles. The minimum atomic E-state index is -0.157. The third-order valence-electron chi connectivity index (χ3n) is 3.84. The highest BCUT2D eigenvalue weighted by molar-refractivity contribution is 5.95. The molecule has 140 valence electrons. The smallest absolute Gasteiger partial charge is 0.251 e. The first-order valence-corrected chi connectivity index (χ1v) is 9.02. The first-order chi connectivity index (χ1) is 12.6. The van der Waals surface area contributed by atoms with Gasteiger partial charge in [-0.3, -0.25) is 4.79 Å². The van der Waals surface area contributed by atoms with E-state index < -0.39 is 0 Å². The van der Waals surface area contributed by atoms with Gasteiger partial charge in [-0.25, -0.2) is 0 Å². The predicted octanol–water partition coefficient (Wildman–Crippen LogP) is 4.37. The third kappa shape index (κ3) is 5.15. The molecule has 0 heterocycles. The summed E-state index contributed by atoms with van der Waals surface area (Å²) in [5, 5.41) is 3.01. The summed E-state index contributed by atoms with van der Waals surface area (Å²) in [6, 6.07) is 12.8. The zero-order valence-corrected chi connectivity index (χ0v) is 15.9. The highest BCUT2D eigenvalue weighted by atomic mass is 16.5. The largest absolute Gasteiger partial charge is 0.494 e. The SMILES string of the molecule is CCOc1ccc(C(C)NC(=O)c2ccc(OCC)c(OCC)c2)cc1. The highest BCUT2D eigenvalue weighted by Crippen LogP contribution is 2.29. The molecule has 0 fully saturated rings. The van der Waals surface area contributed by atoms with Crippen molar-refractivity contribution in [3.63, 3.8) is 0 Å². The van der Waals surface area contributed by atoms with Crippen LogP contribution in [0.2, 0.25) is 0 Å². The lowest BCUT2D eigenvalue weighted by Crippen LogP contribution is -2.26. The Morgan fingerprint density at radius 3 is 2.12 bits per heavy atom. The average molecular weight is 357 g/mol. The molecular formula is C21H27NO4. The van der Waals surface area contributed by atoms with Gasteiger partial charge >= 0.3 is 0 Å². The molecule has 0 radical (unpaired) electrons. The van der Waals surface area contributed by atoms with Gasteiger partial charge in [0.05, 0.1) is 25.9 Å². The van der Waals surface area contributed by atoms with Gasteiger partial charge in [0.2, 0.25) is 0 Å². The van der Waals surface area contributed by atoms with Gasteiger partial charge in [0, 0.05) is 5.56 Å². The Labute approximate surface area is 155 Å². The van der Waals surface area contributed by atoms with Crippen LogP contribution in [-0.4, -0.2) is 25.7 Å². The maximum atomic E-state index is 12.6. The van der Waals surface area contributed by atoms with Crippen LogP contribution in [0.3, 0.4) is 0 Å². The molecule has 5 heteroatoms. The molecule has 1 unspecified atom stereocenters. The molecule has 26 heavy (non-hydrogen) atoms. The van der Waals surface area contributed by atoms with Crippen LogP contribution in [0.25, 0.3) is 0 Å². The molecule has 0 aromatic heterocycles. The fraction of sp³-hybridized carbons (Fsp3) is 0.381. The van der Waals surface area contributed by atoms with Crippen molar-refractivity contribution in [3.8, 4) is 17.2 Å². The number of benzene rings is 2. The Morgan fingerprint density at radius 1 is 0.885 bits per heavy atom. The van der Waals surface area contributed by atoms with Crippen molar-refractivity contribution in [1.82, 2.24) is 5.32 Å². The molecule has 2 aromatic rings. The number of ether oxygens (including phenoxy) is 3. The molecule has 0 spiro atoms. The van der Waals surface area contributed by atoms with E-state index in [4.69, 9.17) is 14.2 Å². The van der Waals surface area contributed by atoms with Crippen molar-refractivity contribution in [2.75, 3.05) is 19.8 Å². The van der Waals surface area contributed by atoms with Gasteiger partial charge in [-0.1, -0.05) is 12.1 Å². The summed E-state index contributed by atoms with van der Waals surface area (Å²) in [6.45, 7) is 9.39. The summed E-state index contributed by atoms with van der Waals surface area (Å²) < 4.78 is 16.6. The van der Waals surface area contributed by atoms with E-state index in [9.17, 15) is 4.79 Å². The lowest BCUT2D eigenvalue weighted by Gasteiger charge is -2.16. The molecule has 2 aromatic carbocycles. The number of nitrogens with one attached hydrogen (secondary N) is 1. The van der Waals surface area contributed by atoms with E-state index in [0.717, 1.165) is 11.3 Å². The number of rotatable bonds is 9. The Hall–Kier alpha value is -2.69. The average Bonchev–Trinajstić information content (AvgIpc) is 2.64. The van der Waals surface area contributed by atoms with Gasteiger partial charge in [-0.15, -0.1) is 0 Å². The van der Waals surface area contributed by atoms with E-state index in [0.29, 0.717) is 36.9 Å². The zero-order chi connectivity index (χ0) is 18.9. The Balaban J connectivity index is 2.09. The zero-order valence-electron chi connectivity index (χ0n) is 15.9. The van der Waals surface area contributed by atoms with E-state index in [-0.39, 0.29) is 11.9 Å². The van der Waals surface area contributed by atoms with Gasteiger partial charge in [0.15, 0.2) is 11.5 Å². The van der Waals surface area contributed by atoms with Crippen LogP contribution in [0, 0.1) is 0 Å². The van der Waals surface area contributed by atoms with Gasteiger partial charge in [-0.2, -0.15) is 0 Å². The summed E-state index contributed by atoms with van der Waals surface area (Å²) in [7, 11) is 0. The van der Waals surface area contributed by atoms with E-state index in [1.165, 1.54) is 0 Å². The van der Waals surface area contributed by atoms with Crippen LogP contribution in [0.4, 0.5) is 0 Å². The van der Waals surface area contributed by atoms with E-state index >= 15 is 0 Å². The quantitative estimate of drug-likeness (QED) is 0.724. The van der Waals surface area contributed by atoms with E-state index in [1.54, 1.807) is 18.2 Å². The summed E-state index contributed by atoms with van der Waals surface area (Å²) >= 11 is 0. The lowest BCUT2D eigenvalue weighted by molar-refractivity contribution is 0.0939. The van der Waals surface area contributed by atoms with Crippen LogP contribution < -0.4 is 19.5 Å². The van der Waals surface area contributed by atoms with E-state index in [1.807, 2.05) is 52.0 Å². The van der Waals surface area contributed by atoms with Crippen molar-refractivity contribution >= 4 is 5.91 Å². The molecule has 0 aliphatic rings. The molecule has 5 nitrogen and oxygen atoms in total. The molecule has 0 bridgehead atoms. The van der Waals surface area contributed by atoms with Gasteiger partial charge in [0.1, 0.15) is 5.75 Å². The normalized spacial score (nSPS) is 11.5. The first-order valence-electron chi connectivity index (χ1n) is 9.02. The molecule has 1 amide bonds. The summed E-state index contributed by atoms with van der Waals surface area (Å²) in [5.74, 6) is 1.89. The van der Waals surface area contributed by atoms with Crippen molar-refractivity contribution in [3.05, 3.63) is 53.6 Å². The molecule has 0 saturated heterocycles. The van der Waals surface area contributed by atoms with Crippen molar-refractivity contribution in [2.45, 2.75) is 33.7 Å². The molecule has 1 atom stereocenters. The van der Waals surface area contributed by atoms with E-state index in [2.05, 4.69) is 5.32 Å². The molecular weight excluding hydrogens is 330 g/mol. The topological polar surface area (TPSA) is 56.8 Å². The number of carbonyl (C=O) groups is 1. The molecule has 0 aliphatic heterocycles. The maximum Gasteiger partial charge on any atom is 0.251 e. The molecule has 0 saturated carbocycles. The Bertz CT molecular complexity index is 712. The second-order valence-corrected chi connectivity index (χ2v) is 5.72. The number of hydrogen-bond donors (Lipinski definition) is 1. The lowest BCUT2D eigenvalue weighted by atomic mass is 10.1. The maximum absolute atomic E-state index is 12.6. The van der Waals surface area contributed by atoms with Crippen molar-refractivity contribution in [2.24, 2.45) is 0 Å². The molecule has 1 N–H and O–H groups in total.